The van der Waals surface area contributed by atoms with Crippen LogP contribution in [-0.4, -0.2) is 61.4 Å². The lowest BCUT2D eigenvalue weighted by atomic mass is 10.2. The summed E-state index contributed by atoms with van der Waals surface area (Å²) in [6.45, 7) is 2.03. The SMILES string of the molecule is CN(CCO)C[C@@H](O)COCc1ccc2c(c1)OCO2. The number of aliphatic hydroxyl groups excluding tert-OH is 2. The van der Waals surface area contributed by atoms with Crippen molar-refractivity contribution < 1.29 is 24.4 Å². The van der Waals surface area contributed by atoms with Crippen LogP contribution in [0.25, 0.3) is 0 Å². The van der Waals surface area contributed by atoms with Crippen LogP contribution < -0.4 is 9.47 Å². The molecular weight excluding hydrogens is 262 g/mol. The highest BCUT2D eigenvalue weighted by Crippen LogP contribution is 2.32. The highest BCUT2D eigenvalue weighted by atomic mass is 16.7. The normalized spacial score (nSPS) is 14.8. The van der Waals surface area contributed by atoms with Gasteiger partial charge in [-0.2, -0.15) is 0 Å². The molecule has 6 heteroatoms. The van der Waals surface area contributed by atoms with E-state index in [1.54, 1.807) is 0 Å². The van der Waals surface area contributed by atoms with Gasteiger partial charge in [-0.15, -0.1) is 0 Å². The number of fused-ring (bicyclic) bond motifs is 1. The first kappa shape index (κ1) is 15.1. The maximum atomic E-state index is 9.79. The Balaban J connectivity index is 1.70. The predicted octanol–water partition coefficient (Wildman–Crippen LogP) is 0.217. The summed E-state index contributed by atoms with van der Waals surface area (Å²) >= 11 is 0. The van der Waals surface area contributed by atoms with E-state index in [0.717, 1.165) is 17.1 Å². The fraction of sp³-hybridized carbons (Fsp3) is 0.571. The van der Waals surface area contributed by atoms with Crippen LogP contribution in [0.4, 0.5) is 0 Å². The summed E-state index contributed by atoms with van der Waals surface area (Å²) in [7, 11) is 1.84. The van der Waals surface area contributed by atoms with Gasteiger partial charge in [0, 0.05) is 13.1 Å². The van der Waals surface area contributed by atoms with Crippen LogP contribution in [-0.2, 0) is 11.3 Å². The molecule has 2 N–H and O–H groups in total. The van der Waals surface area contributed by atoms with Gasteiger partial charge in [-0.3, -0.25) is 0 Å². The van der Waals surface area contributed by atoms with Crippen molar-refractivity contribution in [3.63, 3.8) is 0 Å². The van der Waals surface area contributed by atoms with Crippen molar-refractivity contribution >= 4 is 0 Å². The molecule has 0 aromatic heterocycles. The van der Waals surface area contributed by atoms with Crippen molar-refractivity contribution in [2.24, 2.45) is 0 Å². The van der Waals surface area contributed by atoms with Crippen LogP contribution >= 0.6 is 0 Å². The monoisotopic (exact) mass is 283 g/mol. The molecule has 1 aromatic carbocycles. The van der Waals surface area contributed by atoms with E-state index < -0.39 is 6.10 Å². The van der Waals surface area contributed by atoms with Crippen molar-refractivity contribution in [2.75, 3.05) is 40.1 Å². The fourth-order valence-electron chi connectivity index (χ4n) is 2.02. The summed E-state index contributed by atoms with van der Waals surface area (Å²) in [5.74, 6) is 1.48. The van der Waals surface area contributed by atoms with Crippen LogP contribution in [0.1, 0.15) is 5.56 Å². The molecule has 2 rings (SSSR count). The fourth-order valence-corrected chi connectivity index (χ4v) is 2.02. The summed E-state index contributed by atoms with van der Waals surface area (Å²) < 4.78 is 16.0. The van der Waals surface area contributed by atoms with E-state index in [0.29, 0.717) is 19.7 Å². The third-order valence-corrected chi connectivity index (χ3v) is 3.02. The van der Waals surface area contributed by atoms with E-state index >= 15 is 0 Å². The van der Waals surface area contributed by atoms with Crippen LogP contribution in [0, 0.1) is 0 Å². The maximum absolute atomic E-state index is 9.79. The molecule has 1 aliphatic rings. The van der Waals surface area contributed by atoms with Crippen molar-refractivity contribution in [3.8, 4) is 11.5 Å². The van der Waals surface area contributed by atoms with E-state index in [9.17, 15) is 5.11 Å². The first-order valence-electron chi connectivity index (χ1n) is 6.63. The molecular formula is C14H21NO5. The molecule has 0 spiro atoms. The number of aliphatic hydroxyl groups is 2. The van der Waals surface area contributed by atoms with Crippen molar-refractivity contribution in [1.82, 2.24) is 4.90 Å². The summed E-state index contributed by atoms with van der Waals surface area (Å²) in [5.41, 5.74) is 0.977. The number of likely N-dealkylation sites (N-methyl/N-ethyl adjacent to an activating group) is 1. The lowest BCUT2D eigenvalue weighted by molar-refractivity contribution is 0.0119. The summed E-state index contributed by atoms with van der Waals surface area (Å²) in [5, 5.41) is 18.6. The third kappa shape index (κ3) is 4.35. The molecule has 1 atom stereocenters. The summed E-state index contributed by atoms with van der Waals surface area (Å²) in [4.78, 5) is 1.86. The van der Waals surface area contributed by atoms with Gasteiger partial charge < -0.3 is 29.3 Å². The average molecular weight is 283 g/mol. The van der Waals surface area contributed by atoms with Crippen LogP contribution in [0.3, 0.4) is 0 Å². The number of hydrogen-bond acceptors (Lipinski definition) is 6. The second-order valence-electron chi connectivity index (χ2n) is 4.84. The Hall–Kier alpha value is -1.34. The molecule has 0 radical (unpaired) electrons. The van der Waals surface area contributed by atoms with Gasteiger partial charge >= 0.3 is 0 Å². The number of benzene rings is 1. The Kier molecular flexibility index (Phi) is 5.60. The Bertz CT molecular complexity index is 426. The smallest absolute Gasteiger partial charge is 0.231 e. The van der Waals surface area contributed by atoms with E-state index in [4.69, 9.17) is 19.3 Å². The van der Waals surface area contributed by atoms with Crippen molar-refractivity contribution in [1.29, 1.82) is 0 Å². The second kappa shape index (κ2) is 7.44. The number of rotatable bonds is 8. The van der Waals surface area contributed by atoms with Gasteiger partial charge in [-0.25, -0.2) is 0 Å². The highest BCUT2D eigenvalue weighted by Gasteiger charge is 2.13. The molecule has 0 unspecified atom stereocenters. The lowest BCUT2D eigenvalue weighted by Crippen LogP contribution is -2.33. The van der Waals surface area contributed by atoms with Gasteiger partial charge in [0.1, 0.15) is 0 Å². The zero-order chi connectivity index (χ0) is 14.4. The first-order valence-corrected chi connectivity index (χ1v) is 6.63. The third-order valence-electron chi connectivity index (χ3n) is 3.02. The largest absolute Gasteiger partial charge is 0.454 e. The van der Waals surface area contributed by atoms with Crippen molar-refractivity contribution in [2.45, 2.75) is 12.7 Å². The van der Waals surface area contributed by atoms with E-state index in [2.05, 4.69) is 0 Å². The molecule has 0 amide bonds. The van der Waals surface area contributed by atoms with Crippen molar-refractivity contribution in [3.05, 3.63) is 23.8 Å². The Morgan fingerprint density at radius 3 is 2.95 bits per heavy atom. The predicted molar refractivity (Wildman–Crippen MR) is 72.8 cm³/mol. The van der Waals surface area contributed by atoms with Gasteiger partial charge in [-0.05, 0) is 24.7 Å². The topological polar surface area (TPSA) is 71.4 Å². The molecule has 0 saturated carbocycles. The van der Waals surface area contributed by atoms with Crippen LogP contribution in [0.2, 0.25) is 0 Å². The number of nitrogens with zero attached hydrogens (tertiary/aromatic N) is 1. The molecule has 20 heavy (non-hydrogen) atoms. The van der Waals surface area contributed by atoms with Crippen LogP contribution in [0.15, 0.2) is 18.2 Å². The molecule has 112 valence electrons. The van der Waals surface area contributed by atoms with Gasteiger partial charge in [0.15, 0.2) is 11.5 Å². The quantitative estimate of drug-likeness (QED) is 0.711. The molecule has 0 bridgehead atoms. The minimum atomic E-state index is -0.569. The minimum Gasteiger partial charge on any atom is -0.454 e. The second-order valence-corrected chi connectivity index (χ2v) is 4.84. The van der Waals surface area contributed by atoms with Gasteiger partial charge in [0.2, 0.25) is 6.79 Å². The lowest BCUT2D eigenvalue weighted by Gasteiger charge is -2.19. The van der Waals surface area contributed by atoms with E-state index in [1.807, 2.05) is 30.1 Å². The summed E-state index contributed by atoms with van der Waals surface area (Å²) in [6.07, 6.45) is -0.569. The minimum absolute atomic E-state index is 0.0846. The Morgan fingerprint density at radius 1 is 1.35 bits per heavy atom. The first-order chi connectivity index (χ1) is 9.69. The zero-order valence-corrected chi connectivity index (χ0v) is 11.6. The molecule has 1 aromatic rings. The van der Waals surface area contributed by atoms with E-state index in [-0.39, 0.29) is 20.0 Å². The highest BCUT2D eigenvalue weighted by molar-refractivity contribution is 5.44. The summed E-state index contributed by atoms with van der Waals surface area (Å²) in [6, 6.07) is 5.65. The maximum Gasteiger partial charge on any atom is 0.231 e. The average Bonchev–Trinajstić information content (AvgIpc) is 2.86. The molecule has 1 heterocycles. The van der Waals surface area contributed by atoms with E-state index in [1.165, 1.54) is 0 Å². The number of ether oxygens (including phenoxy) is 3. The molecule has 6 nitrogen and oxygen atoms in total. The molecule has 1 aliphatic heterocycles. The molecule has 0 aliphatic carbocycles. The number of hydrogen-bond donors (Lipinski definition) is 2. The Labute approximate surface area is 118 Å². The Morgan fingerprint density at radius 2 is 2.15 bits per heavy atom. The molecule has 0 fully saturated rings. The zero-order valence-electron chi connectivity index (χ0n) is 11.6. The van der Waals surface area contributed by atoms with Gasteiger partial charge in [-0.1, -0.05) is 6.07 Å². The van der Waals surface area contributed by atoms with Gasteiger partial charge in [0.05, 0.1) is 25.9 Å². The van der Waals surface area contributed by atoms with Gasteiger partial charge in [0.25, 0.3) is 0 Å². The standard InChI is InChI=1S/C14H21NO5/c1-15(4-5-16)7-12(17)9-18-8-11-2-3-13-14(6-11)20-10-19-13/h2-3,6,12,16-17H,4-5,7-10H2,1H3/t12-/m1/s1. The van der Waals surface area contributed by atoms with Crippen LogP contribution in [0.5, 0.6) is 11.5 Å². The molecule has 0 saturated heterocycles.